The lowest BCUT2D eigenvalue weighted by atomic mass is 9.96. The molecule has 0 saturated heterocycles. The number of hydrogen-bond donors (Lipinski definition) is 1. The lowest BCUT2D eigenvalue weighted by Crippen LogP contribution is -1.95. The summed E-state index contributed by atoms with van der Waals surface area (Å²) in [5.74, 6) is 0. The maximum absolute atomic E-state index is 5.85. The minimum Gasteiger partial charge on any atom is -0.404 e. The van der Waals surface area contributed by atoms with E-state index in [1.54, 1.807) is 6.20 Å². The van der Waals surface area contributed by atoms with Crippen LogP contribution < -0.4 is 5.73 Å². The SMILES string of the molecule is CCCc1ccccc1C/C=C(C)\C(=C/N)c1ccccc1. The van der Waals surface area contributed by atoms with E-state index in [9.17, 15) is 0 Å². The topological polar surface area (TPSA) is 26.0 Å². The van der Waals surface area contributed by atoms with Crippen molar-refractivity contribution in [2.24, 2.45) is 5.73 Å². The number of rotatable bonds is 6. The average molecular weight is 291 g/mol. The van der Waals surface area contributed by atoms with Crippen molar-refractivity contribution in [1.29, 1.82) is 0 Å². The first kappa shape index (κ1) is 16.1. The Morgan fingerprint density at radius 3 is 2.23 bits per heavy atom. The van der Waals surface area contributed by atoms with Crippen LogP contribution in [0, 0.1) is 0 Å². The smallest absolute Gasteiger partial charge is 0.00201 e. The van der Waals surface area contributed by atoms with Gasteiger partial charge in [-0.25, -0.2) is 0 Å². The molecule has 0 spiro atoms. The zero-order chi connectivity index (χ0) is 15.8. The lowest BCUT2D eigenvalue weighted by molar-refractivity contribution is 0.906. The summed E-state index contributed by atoms with van der Waals surface area (Å²) in [4.78, 5) is 0. The molecule has 0 aliphatic carbocycles. The fourth-order valence-corrected chi connectivity index (χ4v) is 2.72. The van der Waals surface area contributed by atoms with Crippen LogP contribution in [0.1, 0.15) is 37.0 Å². The maximum atomic E-state index is 5.85. The van der Waals surface area contributed by atoms with Crippen molar-refractivity contribution >= 4 is 5.57 Å². The summed E-state index contributed by atoms with van der Waals surface area (Å²) in [5, 5.41) is 0. The van der Waals surface area contributed by atoms with Gasteiger partial charge in [-0.15, -0.1) is 0 Å². The van der Waals surface area contributed by atoms with Crippen molar-refractivity contribution in [3.63, 3.8) is 0 Å². The second kappa shape index (κ2) is 8.23. The van der Waals surface area contributed by atoms with Gasteiger partial charge in [-0.2, -0.15) is 0 Å². The third kappa shape index (κ3) is 4.11. The molecular formula is C21H25N. The molecule has 2 aromatic rings. The first-order valence-corrected chi connectivity index (χ1v) is 7.97. The molecule has 0 amide bonds. The van der Waals surface area contributed by atoms with Gasteiger partial charge in [-0.3, -0.25) is 0 Å². The molecule has 2 rings (SSSR count). The quantitative estimate of drug-likeness (QED) is 0.734. The molecule has 0 unspecified atom stereocenters. The third-order valence-corrected chi connectivity index (χ3v) is 3.94. The zero-order valence-corrected chi connectivity index (χ0v) is 13.5. The van der Waals surface area contributed by atoms with Gasteiger partial charge >= 0.3 is 0 Å². The molecule has 0 bridgehead atoms. The van der Waals surface area contributed by atoms with Crippen LogP contribution in [-0.2, 0) is 12.8 Å². The predicted octanol–water partition coefficient (Wildman–Crippen LogP) is 5.13. The minimum absolute atomic E-state index is 0.951. The summed E-state index contributed by atoms with van der Waals surface area (Å²) >= 11 is 0. The van der Waals surface area contributed by atoms with Crippen molar-refractivity contribution < 1.29 is 0 Å². The minimum atomic E-state index is 0.951. The Morgan fingerprint density at radius 1 is 0.955 bits per heavy atom. The Labute approximate surface area is 134 Å². The number of aryl methyl sites for hydroxylation is 1. The highest BCUT2D eigenvalue weighted by Gasteiger charge is 2.04. The molecule has 114 valence electrons. The van der Waals surface area contributed by atoms with Crippen LogP contribution in [-0.4, -0.2) is 0 Å². The molecule has 0 aromatic heterocycles. The fourth-order valence-electron chi connectivity index (χ4n) is 2.72. The Morgan fingerprint density at radius 2 is 1.59 bits per heavy atom. The van der Waals surface area contributed by atoms with Gasteiger partial charge in [0.25, 0.3) is 0 Å². The van der Waals surface area contributed by atoms with Gasteiger partial charge in [0, 0.05) is 6.20 Å². The van der Waals surface area contributed by atoms with E-state index in [0.29, 0.717) is 0 Å². The van der Waals surface area contributed by atoms with E-state index < -0.39 is 0 Å². The normalized spacial score (nSPS) is 12.5. The molecule has 0 radical (unpaired) electrons. The van der Waals surface area contributed by atoms with E-state index in [1.807, 2.05) is 18.2 Å². The standard InChI is InChI=1S/C21H25N/c1-3-9-18-10-7-8-11-19(18)15-14-17(2)21(16-22)20-12-5-4-6-13-20/h4-8,10-14,16H,3,9,15,22H2,1-2H3/b17-14-,21-16+. The molecule has 1 heteroatoms. The Bertz CT molecular complexity index is 651. The Balaban J connectivity index is 2.19. The highest BCUT2D eigenvalue weighted by atomic mass is 14.5. The first-order chi connectivity index (χ1) is 10.8. The van der Waals surface area contributed by atoms with Crippen molar-refractivity contribution in [3.8, 4) is 0 Å². The summed E-state index contributed by atoms with van der Waals surface area (Å²) in [6, 6.07) is 19.0. The summed E-state index contributed by atoms with van der Waals surface area (Å²) in [5.41, 5.74) is 12.2. The number of allylic oxidation sites excluding steroid dienone is 3. The Hall–Kier alpha value is -2.28. The Kier molecular flexibility index (Phi) is 6.02. The second-order valence-corrected chi connectivity index (χ2v) is 5.56. The summed E-state index contributed by atoms with van der Waals surface area (Å²) in [6.45, 7) is 4.36. The second-order valence-electron chi connectivity index (χ2n) is 5.56. The van der Waals surface area contributed by atoms with E-state index >= 15 is 0 Å². The van der Waals surface area contributed by atoms with Gasteiger partial charge in [0.05, 0.1) is 0 Å². The van der Waals surface area contributed by atoms with E-state index in [-0.39, 0.29) is 0 Å². The highest BCUT2D eigenvalue weighted by Crippen LogP contribution is 2.22. The number of nitrogens with two attached hydrogens (primary N) is 1. The van der Waals surface area contributed by atoms with Gasteiger partial charge < -0.3 is 5.73 Å². The van der Waals surface area contributed by atoms with Gasteiger partial charge in [0.2, 0.25) is 0 Å². The van der Waals surface area contributed by atoms with Crippen LogP contribution in [0.2, 0.25) is 0 Å². The van der Waals surface area contributed by atoms with E-state index in [0.717, 1.165) is 18.4 Å². The lowest BCUT2D eigenvalue weighted by Gasteiger charge is -2.10. The van der Waals surface area contributed by atoms with Crippen molar-refractivity contribution in [2.45, 2.75) is 33.1 Å². The van der Waals surface area contributed by atoms with E-state index in [2.05, 4.69) is 56.3 Å². The maximum Gasteiger partial charge on any atom is 0.00201 e. The third-order valence-electron chi connectivity index (χ3n) is 3.94. The predicted molar refractivity (Wildman–Crippen MR) is 96.5 cm³/mol. The van der Waals surface area contributed by atoms with E-state index in [1.165, 1.54) is 28.7 Å². The zero-order valence-electron chi connectivity index (χ0n) is 13.5. The number of benzene rings is 2. The molecule has 2 N–H and O–H groups in total. The highest BCUT2D eigenvalue weighted by molar-refractivity contribution is 5.78. The van der Waals surface area contributed by atoms with Gasteiger partial charge in [-0.1, -0.05) is 74.0 Å². The molecule has 0 saturated carbocycles. The average Bonchev–Trinajstić information content (AvgIpc) is 2.56. The molecule has 0 aliphatic heterocycles. The monoisotopic (exact) mass is 291 g/mol. The molecule has 0 fully saturated rings. The molecule has 0 heterocycles. The van der Waals surface area contributed by atoms with Crippen molar-refractivity contribution in [3.05, 3.63) is 89.1 Å². The van der Waals surface area contributed by atoms with E-state index in [4.69, 9.17) is 5.73 Å². The first-order valence-electron chi connectivity index (χ1n) is 7.97. The van der Waals surface area contributed by atoms with Gasteiger partial charge in [0.1, 0.15) is 0 Å². The van der Waals surface area contributed by atoms with Crippen LogP contribution in [0.3, 0.4) is 0 Å². The van der Waals surface area contributed by atoms with Crippen molar-refractivity contribution in [1.82, 2.24) is 0 Å². The summed E-state index contributed by atoms with van der Waals surface area (Å²) < 4.78 is 0. The molecule has 0 atom stereocenters. The van der Waals surface area contributed by atoms with Crippen LogP contribution in [0.15, 0.2) is 72.4 Å². The largest absolute Gasteiger partial charge is 0.404 e. The molecule has 22 heavy (non-hydrogen) atoms. The van der Waals surface area contributed by atoms with Gasteiger partial charge in [0.15, 0.2) is 0 Å². The fraction of sp³-hybridized carbons (Fsp3) is 0.238. The van der Waals surface area contributed by atoms with Crippen LogP contribution >= 0.6 is 0 Å². The van der Waals surface area contributed by atoms with Crippen LogP contribution in [0.25, 0.3) is 5.57 Å². The molecule has 2 aromatic carbocycles. The van der Waals surface area contributed by atoms with Gasteiger partial charge in [-0.05, 0) is 47.6 Å². The summed E-state index contributed by atoms with van der Waals surface area (Å²) in [7, 11) is 0. The summed E-state index contributed by atoms with van der Waals surface area (Å²) in [6.07, 6.45) is 7.25. The van der Waals surface area contributed by atoms with Crippen molar-refractivity contribution in [2.75, 3.05) is 0 Å². The van der Waals surface area contributed by atoms with Crippen LogP contribution in [0.4, 0.5) is 0 Å². The van der Waals surface area contributed by atoms with Crippen LogP contribution in [0.5, 0.6) is 0 Å². The molecule has 1 nitrogen and oxygen atoms in total. The molecule has 0 aliphatic rings. The molecular weight excluding hydrogens is 266 g/mol. The number of hydrogen-bond acceptors (Lipinski definition) is 1.